The highest BCUT2D eigenvalue weighted by molar-refractivity contribution is 7.26. The molecule has 0 amide bonds. The monoisotopic (exact) mass is 631 g/mol. The molecule has 8 rings (SSSR count). The highest BCUT2D eigenvalue weighted by Gasteiger charge is 2.25. The zero-order chi connectivity index (χ0) is 35.6. The number of thiophene rings is 1. The quantitative estimate of drug-likeness (QED) is 0.183. The number of para-hydroxylation sites is 1. The lowest BCUT2D eigenvalue weighted by Crippen LogP contribution is -2.09. The number of aryl methyl sites for hydroxylation is 1. The zero-order valence-electron chi connectivity index (χ0n) is 30.9. The molecule has 0 saturated carbocycles. The third kappa shape index (κ3) is 4.95. The van der Waals surface area contributed by atoms with Gasteiger partial charge < -0.3 is 0 Å². The minimum Gasteiger partial charge on any atom is -0.290 e. The van der Waals surface area contributed by atoms with E-state index in [2.05, 4.69) is 136 Å². The van der Waals surface area contributed by atoms with Gasteiger partial charge in [0.05, 0.1) is 23.8 Å². The molecule has 230 valence electrons. The highest BCUT2D eigenvalue weighted by atomic mass is 32.1. The van der Waals surface area contributed by atoms with Gasteiger partial charge in [0.15, 0.2) is 0 Å². The Kier molecular flexibility index (Phi) is 6.21. The molecule has 47 heavy (non-hydrogen) atoms. The van der Waals surface area contributed by atoms with Crippen LogP contribution in [0.1, 0.15) is 61.8 Å². The Morgan fingerprint density at radius 1 is 0.681 bits per heavy atom. The fourth-order valence-electron chi connectivity index (χ4n) is 6.78. The van der Waals surface area contributed by atoms with Gasteiger partial charge in [-0.1, -0.05) is 119 Å². The van der Waals surface area contributed by atoms with Crippen molar-refractivity contribution in [2.45, 2.75) is 46.4 Å². The van der Waals surface area contributed by atoms with Crippen LogP contribution >= 0.6 is 11.3 Å². The summed E-state index contributed by atoms with van der Waals surface area (Å²) < 4.78 is 38.2. The van der Waals surface area contributed by atoms with Crippen molar-refractivity contribution >= 4 is 42.5 Å². The molecule has 0 aliphatic carbocycles. The average Bonchev–Trinajstić information content (AvgIpc) is 3.69. The molecule has 3 aromatic heterocycles. The van der Waals surface area contributed by atoms with E-state index < -0.39 is 6.85 Å². The second-order valence-electron chi connectivity index (χ2n) is 12.8. The van der Waals surface area contributed by atoms with Crippen molar-refractivity contribution in [3.63, 3.8) is 0 Å². The molecule has 0 atom stereocenters. The van der Waals surface area contributed by atoms with E-state index in [0.717, 1.165) is 53.7 Å². The van der Waals surface area contributed by atoms with Crippen LogP contribution < -0.4 is 0 Å². The lowest BCUT2D eigenvalue weighted by Gasteiger charge is -2.23. The Balaban J connectivity index is 1.38. The first kappa shape index (κ1) is 25.1. The van der Waals surface area contributed by atoms with Crippen LogP contribution in [0.5, 0.6) is 0 Å². The normalized spacial score (nSPS) is 13.4. The Labute approximate surface area is 285 Å². The maximum atomic E-state index is 8.50. The molecule has 0 aliphatic heterocycles. The fraction of sp³-hybridized carbons (Fsp3) is 0.163. The van der Waals surface area contributed by atoms with Gasteiger partial charge in [-0.3, -0.25) is 9.55 Å². The molecule has 0 bridgehead atoms. The van der Waals surface area contributed by atoms with Crippen LogP contribution in [0.2, 0.25) is 0 Å². The van der Waals surface area contributed by atoms with Crippen LogP contribution in [0.15, 0.2) is 121 Å². The summed E-state index contributed by atoms with van der Waals surface area (Å²) in [7, 11) is 0. The lowest BCUT2D eigenvalue weighted by molar-refractivity contribution is 0.810. The number of pyridine rings is 1. The summed E-state index contributed by atoms with van der Waals surface area (Å²) in [6.07, 6.45) is -0.115. The lowest BCUT2D eigenvalue weighted by atomic mass is 9.92. The van der Waals surface area contributed by atoms with Gasteiger partial charge in [-0.2, -0.15) is 0 Å². The van der Waals surface area contributed by atoms with E-state index in [0.29, 0.717) is 16.9 Å². The molecule has 0 unspecified atom stereocenters. The summed E-state index contributed by atoms with van der Waals surface area (Å²) in [5, 5.41) is 2.28. The molecule has 3 heterocycles. The number of benzene rings is 5. The van der Waals surface area contributed by atoms with E-state index in [-0.39, 0.29) is 23.7 Å². The van der Waals surface area contributed by atoms with Crippen molar-refractivity contribution < 1.29 is 5.48 Å². The number of rotatable bonds is 6. The van der Waals surface area contributed by atoms with Crippen molar-refractivity contribution in [1.29, 1.82) is 0 Å². The van der Waals surface area contributed by atoms with Crippen molar-refractivity contribution in [2.24, 2.45) is 0 Å². The van der Waals surface area contributed by atoms with E-state index >= 15 is 0 Å². The van der Waals surface area contributed by atoms with Crippen LogP contribution in [0, 0.1) is 6.85 Å². The number of aromatic nitrogens is 3. The maximum absolute atomic E-state index is 8.50. The molecule has 0 spiro atoms. The van der Waals surface area contributed by atoms with Gasteiger partial charge >= 0.3 is 0 Å². The standard InChI is InChI=1S/C43H37N3S/c1-26(2)33-13-9-14-34(27(3)4)41(33)46-40-28(5)44-24-23-38(40)45-43(46)36-16-10-15-35-37-25-32(21-22-39(37)47-42(35)36)31-19-17-30(18-20-31)29-11-7-6-8-12-29/h6-27H,1-5H3/i5D3,24D. The predicted octanol–water partition coefficient (Wildman–Crippen LogP) is 12.3. The summed E-state index contributed by atoms with van der Waals surface area (Å²) in [6.45, 7) is 6.09. The number of nitrogens with zero attached hydrogens (tertiary/aromatic N) is 3. The van der Waals surface area contributed by atoms with Gasteiger partial charge in [-0.25, -0.2) is 4.98 Å². The molecule has 0 saturated heterocycles. The first-order valence-corrected chi connectivity index (χ1v) is 17.0. The second-order valence-corrected chi connectivity index (χ2v) is 13.8. The average molecular weight is 632 g/mol. The Bertz CT molecular complexity index is 2550. The van der Waals surface area contributed by atoms with Crippen LogP contribution in [0.3, 0.4) is 0 Å². The Morgan fingerprint density at radius 3 is 2.04 bits per heavy atom. The molecule has 5 aromatic carbocycles. The summed E-state index contributed by atoms with van der Waals surface area (Å²) in [4.78, 5) is 9.49. The smallest absolute Gasteiger partial charge is 0.147 e. The number of fused-ring (bicyclic) bond motifs is 4. The summed E-state index contributed by atoms with van der Waals surface area (Å²) in [5.74, 6) is 0.958. The summed E-state index contributed by atoms with van der Waals surface area (Å²) >= 11 is 1.72. The predicted molar refractivity (Wildman–Crippen MR) is 201 cm³/mol. The van der Waals surface area contributed by atoms with E-state index in [1.165, 1.54) is 11.1 Å². The van der Waals surface area contributed by atoms with Crippen LogP contribution in [-0.2, 0) is 0 Å². The zero-order valence-corrected chi connectivity index (χ0v) is 27.7. The van der Waals surface area contributed by atoms with Crippen LogP contribution in [0.4, 0.5) is 0 Å². The van der Waals surface area contributed by atoms with Crippen molar-refractivity contribution in [1.82, 2.24) is 14.5 Å². The third-order valence-corrected chi connectivity index (χ3v) is 10.4. The van der Waals surface area contributed by atoms with Gasteiger partial charge in [0, 0.05) is 36.0 Å². The fourth-order valence-corrected chi connectivity index (χ4v) is 7.98. The first-order valence-electron chi connectivity index (χ1n) is 18.1. The number of hydrogen-bond acceptors (Lipinski definition) is 3. The molecule has 0 N–H and O–H groups in total. The molecule has 8 aromatic rings. The minimum atomic E-state index is -2.55. The van der Waals surface area contributed by atoms with E-state index in [1.54, 1.807) is 17.4 Å². The number of hydrogen-bond donors (Lipinski definition) is 0. The first-order chi connectivity index (χ1) is 24.5. The SMILES string of the molecule is [2H]c1cc2nc(-c3cccc4c3sc3ccc(-c5ccc(-c6ccccc6)cc5)cc34)n(-c3c(C(C)C)cccc3C(C)C)c2c(C([2H])([2H])[2H])n1. The molecule has 4 heteroatoms. The minimum absolute atomic E-state index is 0.108. The van der Waals surface area contributed by atoms with Gasteiger partial charge in [-0.15, -0.1) is 11.3 Å². The van der Waals surface area contributed by atoms with Crippen LogP contribution in [0.25, 0.3) is 70.5 Å². The largest absolute Gasteiger partial charge is 0.290 e. The van der Waals surface area contributed by atoms with Gasteiger partial charge in [-0.05, 0) is 76.3 Å². The third-order valence-electron chi connectivity index (χ3n) is 9.14. The highest BCUT2D eigenvalue weighted by Crippen LogP contribution is 2.44. The molecule has 0 aliphatic rings. The van der Waals surface area contributed by atoms with Gasteiger partial charge in [0.25, 0.3) is 0 Å². The summed E-state index contributed by atoms with van der Waals surface area (Å²) in [6, 6.07) is 40.0. The number of imidazole rings is 1. The van der Waals surface area contributed by atoms with Crippen LogP contribution in [-0.4, -0.2) is 14.5 Å². The molecule has 3 nitrogen and oxygen atoms in total. The molecule has 0 fully saturated rings. The summed E-state index contributed by atoms with van der Waals surface area (Å²) in [5.41, 5.74) is 9.47. The van der Waals surface area contributed by atoms with E-state index in [1.807, 2.05) is 10.6 Å². The van der Waals surface area contributed by atoms with E-state index in [9.17, 15) is 0 Å². The van der Waals surface area contributed by atoms with Crippen molar-refractivity contribution in [3.8, 4) is 39.3 Å². The molecule has 0 radical (unpaired) electrons. The van der Waals surface area contributed by atoms with Crippen molar-refractivity contribution in [3.05, 3.63) is 138 Å². The molecular weight excluding hydrogens is 591 g/mol. The Hall–Kier alpha value is -5.06. The Morgan fingerprint density at radius 2 is 1.34 bits per heavy atom. The topological polar surface area (TPSA) is 30.7 Å². The van der Waals surface area contributed by atoms with Gasteiger partial charge in [0.1, 0.15) is 5.82 Å². The van der Waals surface area contributed by atoms with Gasteiger partial charge in [0.2, 0.25) is 0 Å². The molecular formula is C43H37N3S. The maximum Gasteiger partial charge on any atom is 0.147 e. The van der Waals surface area contributed by atoms with Crippen molar-refractivity contribution in [2.75, 3.05) is 0 Å². The van der Waals surface area contributed by atoms with E-state index in [4.69, 9.17) is 10.5 Å². The second kappa shape index (κ2) is 11.6.